The highest BCUT2D eigenvalue weighted by Gasteiger charge is 2.31. The maximum absolute atomic E-state index is 13.1. The molecule has 1 saturated heterocycles. The van der Waals surface area contributed by atoms with E-state index in [1.165, 1.54) is 18.2 Å². The number of likely N-dealkylation sites (tertiary alicyclic amines) is 1. The normalized spacial score (nSPS) is 16.4. The number of carbonyl (C=O) groups is 1. The molecule has 1 unspecified atom stereocenters. The first kappa shape index (κ1) is 22.0. The largest absolute Gasteiger partial charge is 0.416 e. The molecule has 0 radical (unpaired) electrons. The van der Waals surface area contributed by atoms with Gasteiger partial charge in [-0.3, -0.25) is 9.78 Å². The molecule has 3 aromatic rings. The van der Waals surface area contributed by atoms with Gasteiger partial charge in [0.2, 0.25) is 5.91 Å². The fourth-order valence-corrected chi connectivity index (χ4v) is 4.08. The van der Waals surface area contributed by atoms with Crippen molar-refractivity contribution in [3.63, 3.8) is 0 Å². The summed E-state index contributed by atoms with van der Waals surface area (Å²) in [4.78, 5) is 19.1. The smallest absolute Gasteiger partial charge is 0.334 e. The molecule has 1 amide bonds. The van der Waals surface area contributed by atoms with Gasteiger partial charge in [-0.25, -0.2) is 4.39 Å². The number of rotatable bonds is 5. The number of carbonyl (C=O) groups excluding carboxylic acids is 1. The van der Waals surface area contributed by atoms with Crippen molar-refractivity contribution >= 4 is 5.91 Å². The Bertz CT molecular complexity index is 1080. The van der Waals surface area contributed by atoms with Gasteiger partial charge >= 0.3 is 6.18 Å². The summed E-state index contributed by atoms with van der Waals surface area (Å²) in [5.41, 5.74) is 2.22. The first-order chi connectivity index (χ1) is 15.3. The molecular weight excluding hydrogens is 420 g/mol. The van der Waals surface area contributed by atoms with Crippen LogP contribution in [0.15, 0.2) is 66.9 Å². The second-order valence-corrected chi connectivity index (χ2v) is 8.01. The number of pyridine rings is 1. The lowest BCUT2D eigenvalue weighted by Gasteiger charge is -2.24. The zero-order valence-corrected chi connectivity index (χ0v) is 17.3. The maximum atomic E-state index is 13.1. The minimum absolute atomic E-state index is 0.0334. The molecule has 1 aromatic heterocycles. The van der Waals surface area contributed by atoms with Crippen LogP contribution in [0.4, 0.5) is 17.6 Å². The summed E-state index contributed by atoms with van der Waals surface area (Å²) in [6.07, 6.45) is -0.497. The fourth-order valence-electron chi connectivity index (χ4n) is 4.08. The molecule has 0 spiro atoms. The number of alkyl halides is 3. The number of benzene rings is 2. The van der Waals surface area contributed by atoms with Crippen LogP contribution < -0.4 is 0 Å². The predicted molar refractivity (Wildman–Crippen MR) is 112 cm³/mol. The zero-order chi connectivity index (χ0) is 22.7. The Balaban J connectivity index is 1.44. The molecular formula is C25H22F4N2O. The Morgan fingerprint density at radius 2 is 1.75 bits per heavy atom. The Morgan fingerprint density at radius 3 is 2.44 bits per heavy atom. The molecule has 0 N–H and O–H groups in total. The van der Waals surface area contributed by atoms with Crippen LogP contribution in [0.25, 0.3) is 0 Å². The van der Waals surface area contributed by atoms with Crippen molar-refractivity contribution in [3.05, 3.63) is 101 Å². The monoisotopic (exact) mass is 442 g/mol. The molecule has 4 rings (SSSR count). The summed E-state index contributed by atoms with van der Waals surface area (Å²) in [6, 6.07) is 14.7. The Kier molecular flexibility index (Phi) is 6.26. The Hall–Kier alpha value is -3.22. The van der Waals surface area contributed by atoms with Crippen molar-refractivity contribution in [2.75, 3.05) is 6.54 Å². The number of hydrogen-bond donors (Lipinski definition) is 0. The van der Waals surface area contributed by atoms with Crippen molar-refractivity contribution in [1.29, 1.82) is 0 Å². The van der Waals surface area contributed by atoms with Crippen molar-refractivity contribution < 1.29 is 22.4 Å². The van der Waals surface area contributed by atoms with E-state index in [-0.39, 0.29) is 24.2 Å². The van der Waals surface area contributed by atoms with Gasteiger partial charge in [0, 0.05) is 12.7 Å². The van der Waals surface area contributed by atoms with E-state index in [4.69, 9.17) is 0 Å². The van der Waals surface area contributed by atoms with Crippen molar-refractivity contribution in [2.24, 2.45) is 0 Å². The average Bonchev–Trinajstić information content (AvgIpc) is 3.26. The molecule has 0 saturated carbocycles. The summed E-state index contributed by atoms with van der Waals surface area (Å²) >= 11 is 0. The van der Waals surface area contributed by atoms with Crippen LogP contribution in [0, 0.1) is 5.82 Å². The first-order valence-electron chi connectivity index (χ1n) is 10.4. The van der Waals surface area contributed by atoms with Crippen LogP contribution in [0.5, 0.6) is 0 Å². The topological polar surface area (TPSA) is 33.2 Å². The van der Waals surface area contributed by atoms with Gasteiger partial charge < -0.3 is 4.90 Å². The van der Waals surface area contributed by atoms with Crippen LogP contribution >= 0.6 is 0 Å². The van der Waals surface area contributed by atoms with Crippen LogP contribution in [-0.4, -0.2) is 22.3 Å². The van der Waals surface area contributed by atoms with E-state index in [0.29, 0.717) is 18.5 Å². The van der Waals surface area contributed by atoms with Crippen molar-refractivity contribution in [3.8, 4) is 0 Å². The lowest BCUT2D eigenvalue weighted by atomic mass is 10.0. The van der Waals surface area contributed by atoms with Gasteiger partial charge in [0.05, 0.1) is 23.7 Å². The molecule has 1 fully saturated rings. The minimum Gasteiger partial charge on any atom is -0.334 e. The second-order valence-electron chi connectivity index (χ2n) is 8.01. The lowest BCUT2D eigenvalue weighted by molar-refractivity contribution is -0.137. The highest BCUT2D eigenvalue weighted by atomic mass is 19.4. The van der Waals surface area contributed by atoms with Gasteiger partial charge in [-0.05, 0) is 60.2 Å². The van der Waals surface area contributed by atoms with E-state index in [0.717, 1.165) is 41.8 Å². The number of nitrogens with zero attached hydrogens (tertiary/aromatic N) is 2. The van der Waals surface area contributed by atoms with E-state index in [2.05, 4.69) is 4.98 Å². The highest BCUT2D eigenvalue weighted by molar-refractivity contribution is 5.79. The SMILES string of the molecule is O=C(Cc1ccc(F)cc1)N1CCCC1c1ccc(Cc2cccc(C(F)(F)F)c2)cn1. The van der Waals surface area contributed by atoms with Crippen LogP contribution in [0.2, 0.25) is 0 Å². The molecule has 2 aromatic carbocycles. The molecule has 0 bridgehead atoms. The van der Waals surface area contributed by atoms with Crippen molar-refractivity contribution in [2.45, 2.75) is 37.9 Å². The Morgan fingerprint density at radius 1 is 1.00 bits per heavy atom. The van der Waals surface area contributed by atoms with Gasteiger partial charge in [0.1, 0.15) is 5.82 Å². The minimum atomic E-state index is -4.37. The average molecular weight is 442 g/mol. The number of halogens is 4. The van der Waals surface area contributed by atoms with E-state index in [9.17, 15) is 22.4 Å². The van der Waals surface area contributed by atoms with Gasteiger partial charge in [0.25, 0.3) is 0 Å². The number of amides is 1. The molecule has 1 aliphatic rings. The zero-order valence-electron chi connectivity index (χ0n) is 17.3. The Labute approximate surface area is 183 Å². The summed E-state index contributed by atoms with van der Waals surface area (Å²) < 4.78 is 51.9. The standard InChI is InChI=1S/C25H22F4N2O/c26-21-9-6-17(7-10-21)15-24(32)31-12-2-5-23(31)22-11-8-19(16-30-22)13-18-3-1-4-20(14-18)25(27,28)29/h1,3-4,6-11,14,16,23H,2,5,12-13,15H2. The summed E-state index contributed by atoms with van der Waals surface area (Å²) in [5.74, 6) is -0.372. The fraction of sp³-hybridized carbons (Fsp3) is 0.280. The number of hydrogen-bond acceptors (Lipinski definition) is 2. The summed E-state index contributed by atoms with van der Waals surface area (Å²) in [5, 5.41) is 0. The van der Waals surface area contributed by atoms with E-state index in [1.807, 2.05) is 12.1 Å². The van der Waals surface area contributed by atoms with Gasteiger partial charge in [0.15, 0.2) is 0 Å². The molecule has 32 heavy (non-hydrogen) atoms. The van der Waals surface area contributed by atoms with Crippen molar-refractivity contribution in [1.82, 2.24) is 9.88 Å². The molecule has 0 aliphatic carbocycles. The van der Waals surface area contributed by atoms with Gasteiger partial charge in [-0.15, -0.1) is 0 Å². The van der Waals surface area contributed by atoms with E-state index >= 15 is 0 Å². The summed E-state index contributed by atoms with van der Waals surface area (Å²) in [7, 11) is 0. The van der Waals surface area contributed by atoms with E-state index in [1.54, 1.807) is 29.3 Å². The third-order valence-corrected chi connectivity index (χ3v) is 5.69. The highest BCUT2D eigenvalue weighted by Crippen LogP contribution is 2.32. The van der Waals surface area contributed by atoms with Gasteiger partial charge in [-0.1, -0.05) is 36.4 Å². The summed E-state index contributed by atoms with van der Waals surface area (Å²) in [6.45, 7) is 0.637. The quantitative estimate of drug-likeness (QED) is 0.473. The molecule has 166 valence electrons. The molecule has 7 heteroatoms. The van der Waals surface area contributed by atoms with Crippen LogP contribution in [0.1, 0.15) is 46.8 Å². The third kappa shape index (κ3) is 5.15. The molecule has 2 heterocycles. The molecule has 1 aliphatic heterocycles. The maximum Gasteiger partial charge on any atom is 0.416 e. The van der Waals surface area contributed by atoms with Gasteiger partial charge in [-0.2, -0.15) is 13.2 Å². The first-order valence-corrected chi connectivity index (χ1v) is 10.4. The second kappa shape index (κ2) is 9.10. The molecule has 1 atom stereocenters. The predicted octanol–water partition coefficient (Wildman–Crippen LogP) is 5.74. The van der Waals surface area contributed by atoms with Crippen LogP contribution in [0.3, 0.4) is 0 Å². The third-order valence-electron chi connectivity index (χ3n) is 5.69. The van der Waals surface area contributed by atoms with Crippen LogP contribution in [-0.2, 0) is 23.8 Å². The number of aromatic nitrogens is 1. The molecule has 3 nitrogen and oxygen atoms in total. The lowest BCUT2D eigenvalue weighted by Crippen LogP contribution is -2.32. The van der Waals surface area contributed by atoms with E-state index < -0.39 is 11.7 Å².